The Balaban J connectivity index is 1.74. The summed E-state index contributed by atoms with van der Waals surface area (Å²) in [5.41, 5.74) is 0.268. The fraction of sp³-hybridized carbons (Fsp3) is 0.435. The zero-order valence-corrected chi connectivity index (χ0v) is 19.9. The highest BCUT2D eigenvalue weighted by atomic mass is 32.1. The molecule has 2 amide bonds. The third-order valence-corrected chi connectivity index (χ3v) is 5.91. The SMILES string of the molecule is COc1cc(NC(=O)Cc2cccs2)c(C(=O)OCC(=O)N2C[C@H](C)O[C@@H](C)C2)cc1OC. The number of amides is 2. The molecule has 0 spiro atoms. The van der Waals surface area contributed by atoms with Gasteiger partial charge >= 0.3 is 5.97 Å². The molecular weight excluding hydrogens is 448 g/mol. The van der Waals surface area contributed by atoms with Crippen LogP contribution in [0.5, 0.6) is 11.5 Å². The molecule has 0 radical (unpaired) electrons. The molecule has 1 aromatic carbocycles. The largest absolute Gasteiger partial charge is 0.493 e. The number of carbonyl (C=O) groups is 3. The van der Waals surface area contributed by atoms with Crippen LogP contribution in [0.4, 0.5) is 5.69 Å². The first-order chi connectivity index (χ1) is 15.8. The maximum Gasteiger partial charge on any atom is 0.340 e. The summed E-state index contributed by atoms with van der Waals surface area (Å²) in [6.07, 6.45) is -0.0272. The summed E-state index contributed by atoms with van der Waals surface area (Å²) in [5, 5.41) is 4.62. The highest BCUT2D eigenvalue weighted by Crippen LogP contribution is 2.34. The van der Waals surface area contributed by atoms with Gasteiger partial charge in [0.2, 0.25) is 5.91 Å². The van der Waals surface area contributed by atoms with E-state index >= 15 is 0 Å². The molecule has 0 bridgehead atoms. The van der Waals surface area contributed by atoms with Gasteiger partial charge in [0.15, 0.2) is 18.1 Å². The molecule has 10 heteroatoms. The van der Waals surface area contributed by atoms with Gasteiger partial charge in [0.05, 0.1) is 44.1 Å². The fourth-order valence-corrected chi connectivity index (χ4v) is 4.30. The van der Waals surface area contributed by atoms with Crippen molar-refractivity contribution in [2.45, 2.75) is 32.5 Å². The Morgan fingerprint density at radius 3 is 2.39 bits per heavy atom. The fourth-order valence-electron chi connectivity index (χ4n) is 3.59. The third-order valence-electron chi connectivity index (χ3n) is 5.03. The second-order valence-corrected chi connectivity index (χ2v) is 8.72. The Kier molecular flexibility index (Phi) is 8.29. The average molecular weight is 477 g/mol. The van der Waals surface area contributed by atoms with E-state index in [2.05, 4.69) is 5.32 Å². The maximum atomic E-state index is 12.9. The van der Waals surface area contributed by atoms with Gasteiger partial charge in [-0.1, -0.05) is 6.07 Å². The molecule has 2 heterocycles. The molecule has 2 aromatic rings. The summed E-state index contributed by atoms with van der Waals surface area (Å²) >= 11 is 1.46. The van der Waals surface area contributed by atoms with E-state index in [0.717, 1.165) is 4.88 Å². The first kappa shape index (κ1) is 24.5. The predicted molar refractivity (Wildman–Crippen MR) is 123 cm³/mol. The van der Waals surface area contributed by atoms with Gasteiger partial charge in [0.25, 0.3) is 5.91 Å². The highest BCUT2D eigenvalue weighted by Gasteiger charge is 2.27. The number of hydrogen-bond donors (Lipinski definition) is 1. The van der Waals surface area contributed by atoms with E-state index in [1.807, 2.05) is 31.4 Å². The molecular formula is C23H28N2O7S. The third kappa shape index (κ3) is 6.45. The number of nitrogens with zero attached hydrogens (tertiary/aromatic N) is 1. The van der Waals surface area contributed by atoms with Crippen molar-refractivity contribution in [1.82, 2.24) is 4.90 Å². The van der Waals surface area contributed by atoms with Crippen LogP contribution >= 0.6 is 11.3 Å². The van der Waals surface area contributed by atoms with Crippen molar-refractivity contribution >= 4 is 34.8 Å². The number of methoxy groups -OCH3 is 2. The maximum absolute atomic E-state index is 12.9. The minimum absolute atomic E-state index is 0.0590. The van der Waals surface area contributed by atoms with E-state index in [-0.39, 0.29) is 41.7 Å². The Morgan fingerprint density at radius 1 is 1.12 bits per heavy atom. The van der Waals surface area contributed by atoms with E-state index < -0.39 is 12.6 Å². The number of hydrogen-bond acceptors (Lipinski definition) is 8. The monoisotopic (exact) mass is 476 g/mol. The van der Waals surface area contributed by atoms with Gasteiger partial charge < -0.3 is 29.2 Å². The van der Waals surface area contributed by atoms with Gasteiger partial charge in [-0.15, -0.1) is 11.3 Å². The lowest BCUT2D eigenvalue weighted by Gasteiger charge is -2.35. The number of ether oxygens (including phenoxy) is 4. The number of esters is 1. The lowest BCUT2D eigenvalue weighted by Crippen LogP contribution is -2.49. The van der Waals surface area contributed by atoms with E-state index in [9.17, 15) is 14.4 Å². The average Bonchev–Trinajstić information content (AvgIpc) is 3.29. The summed E-state index contributed by atoms with van der Waals surface area (Å²) < 4.78 is 21.5. The first-order valence-corrected chi connectivity index (χ1v) is 11.4. The van der Waals surface area contributed by atoms with Crippen molar-refractivity contribution in [2.24, 2.45) is 0 Å². The smallest absolute Gasteiger partial charge is 0.340 e. The van der Waals surface area contributed by atoms with Crippen LogP contribution in [-0.2, 0) is 25.5 Å². The predicted octanol–water partition coefficient (Wildman–Crippen LogP) is 2.74. The number of nitrogens with one attached hydrogen (secondary N) is 1. The molecule has 1 N–H and O–H groups in total. The zero-order valence-electron chi connectivity index (χ0n) is 19.1. The number of carbonyl (C=O) groups excluding carboxylic acids is 3. The van der Waals surface area contributed by atoms with Gasteiger partial charge in [-0.2, -0.15) is 0 Å². The molecule has 1 saturated heterocycles. The highest BCUT2D eigenvalue weighted by molar-refractivity contribution is 7.10. The van der Waals surface area contributed by atoms with Gasteiger partial charge in [-0.05, 0) is 25.3 Å². The molecule has 0 saturated carbocycles. The molecule has 1 fully saturated rings. The topological polar surface area (TPSA) is 103 Å². The number of rotatable bonds is 8. The summed E-state index contributed by atoms with van der Waals surface area (Å²) in [6.45, 7) is 4.21. The second kappa shape index (κ2) is 11.2. The summed E-state index contributed by atoms with van der Waals surface area (Å²) in [4.78, 5) is 40.5. The van der Waals surface area contributed by atoms with E-state index in [0.29, 0.717) is 24.6 Å². The van der Waals surface area contributed by atoms with Gasteiger partial charge in [-0.3, -0.25) is 9.59 Å². The van der Waals surface area contributed by atoms with Crippen LogP contribution in [0.1, 0.15) is 29.1 Å². The number of benzene rings is 1. The van der Waals surface area contributed by atoms with Crippen molar-refractivity contribution in [3.05, 3.63) is 40.1 Å². The molecule has 0 unspecified atom stereocenters. The van der Waals surface area contributed by atoms with Gasteiger partial charge in [0.1, 0.15) is 0 Å². The van der Waals surface area contributed by atoms with Crippen LogP contribution in [0, 0.1) is 0 Å². The zero-order chi connectivity index (χ0) is 24.0. The quantitative estimate of drug-likeness (QED) is 0.585. The Bertz CT molecular complexity index is 983. The Labute approximate surface area is 196 Å². The minimum Gasteiger partial charge on any atom is -0.493 e. The molecule has 1 aliphatic rings. The van der Waals surface area contributed by atoms with Crippen LogP contribution in [0.2, 0.25) is 0 Å². The normalized spacial score (nSPS) is 17.9. The second-order valence-electron chi connectivity index (χ2n) is 7.69. The summed E-state index contributed by atoms with van der Waals surface area (Å²) in [6, 6.07) is 6.63. The van der Waals surface area contributed by atoms with E-state index in [4.69, 9.17) is 18.9 Å². The van der Waals surface area contributed by atoms with E-state index in [1.54, 1.807) is 4.90 Å². The van der Waals surface area contributed by atoms with Crippen LogP contribution in [-0.4, -0.2) is 68.8 Å². The van der Waals surface area contributed by atoms with Crippen LogP contribution in [0.25, 0.3) is 0 Å². The van der Waals surface area contributed by atoms with Crippen molar-refractivity contribution in [3.63, 3.8) is 0 Å². The van der Waals surface area contributed by atoms with Crippen molar-refractivity contribution in [3.8, 4) is 11.5 Å². The molecule has 1 aromatic heterocycles. The molecule has 178 valence electrons. The number of anilines is 1. The van der Waals surface area contributed by atoms with E-state index in [1.165, 1.54) is 37.7 Å². The standard InChI is InChI=1S/C23H28N2O7S/c1-14-11-25(12-15(2)32-14)22(27)13-31-23(28)17-9-19(29-3)20(30-4)10-18(17)24-21(26)8-16-6-5-7-33-16/h5-7,9-10,14-15H,8,11-13H2,1-4H3,(H,24,26)/t14-,15-/m0/s1. The number of thiophene rings is 1. The van der Waals surface area contributed by atoms with Crippen LogP contribution in [0.15, 0.2) is 29.6 Å². The van der Waals surface area contributed by atoms with Crippen LogP contribution in [0.3, 0.4) is 0 Å². The first-order valence-electron chi connectivity index (χ1n) is 10.5. The Hall–Kier alpha value is -3.11. The molecule has 0 aliphatic carbocycles. The van der Waals surface area contributed by atoms with Gasteiger partial charge in [0, 0.05) is 30.1 Å². The lowest BCUT2D eigenvalue weighted by atomic mass is 10.1. The summed E-state index contributed by atoms with van der Waals surface area (Å²) in [7, 11) is 2.89. The lowest BCUT2D eigenvalue weighted by molar-refractivity contribution is -0.146. The van der Waals surface area contributed by atoms with Gasteiger partial charge in [-0.25, -0.2) is 4.79 Å². The summed E-state index contributed by atoms with van der Waals surface area (Å²) in [5.74, 6) is -0.735. The molecule has 3 rings (SSSR count). The molecule has 2 atom stereocenters. The molecule has 9 nitrogen and oxygen atoms in total. The van der Waals surface area contributed by atoms with Crippen molar-refractivity contribution in [1.29, 1.82) is 0 Å². The minimum atomic E-state index is -0.759. The molecule has 33 heavy (non-hydrogen) atoms. The Morgan fingerprint density at radius 2 is 1.79 bits per heavy atom. The number of morpholine rings is 1. The van der Waals surface area contributed by atoms with Crippen molar-refractivity contribution in [2.75, 3.05) is 39.2 Å². The van der Waals surface area contributed by atoms with Crippen LogP contribution < -0.4 is 14.8 Å². The molecule has 1 aliphatic heterocycles. The van der Waals surface area contributed by atoms with Crippen molar-refractivity contribution < 1.29 is 33.3 Å².